The Morgan fingerprint density at radius 1 is 0.780 bits per heavy atom. The van der Waals surface area contributed by atoms with E-state index in [4.69, 9.17) is 0 Å². The summed E-state index contributed by atoms with van der Waals surface area (Å²) in [5.74, 6) is -1.49. The zero-order valence-corrected chi connectivity index (χ0v) is 29.9. The first-order valence-electron chi connectivity index (χ1n) is 17.4. The summed E-state index contributed by atoms with van der Waals surface area (Å²) in [6.45, 7) is 12.7. The van der Waals surface area contributed by atoms with Crippen LogP contribution in [-0.2, 0) is 14.4 Å². The number of nitrogens with zero attached hydrogens (tertiary/aromatic N) is 2. The summed E-state index contributed by atoms with van der Waals surface area (Å²) in [6.07, 6.45) is 9.36. The number of hydrogen-bond acceptors (Lipinski definition) is 5. The van der Waals surface area contributed by atoms with E-state index in [1.807, 2.05) is 38.1 Å². The molecule has 0 fully saturated rings. The number of anilines is 3. The maximum Gasteiger partial charge on any atom is 0.221 e. The van der Waals surface area contributed by atoms with Gasteiger partial charge in [0.05, 0.1) is 11.4 Å². The highest BCUT2D eigenvalue weighted by molar-refractivity contribution is 6.40. The van der Waals surface area contributed by atoms with E-state index in [-0.39, 0.29) is 23.0 Å². The third-order valence-corrected chi connectivity index (χ3v) is 8.86. The summed E-state index contributed by atoms with van der Waals surface area (Å²) in [6, 6.07) is 21.9. The predicted molar refractivity (Wildman–Crippen MR) is 200 cm³/mol. The Kier molecular flexibility index (Phi) is 11.3. The van der Waals surface area contributed by atoms with Gasteiger partial charge in [0.2, 0.25) is 23.2 Å². The lowest BCUT2D eigenvalue weighted by Crippen LogP contribution is -2.33. The van der Waals surface area contributed by atoms with E-state index in [0.29, 0.717) is 22.5 Å². The van der Waals surface area contributed by atoms with Crippen molar-refractivity contribution >= 4 is 51.6 Å². The maximum atomic E-state index is 13.9. The van der Waals surface area contributed by atoms with Crippen molar-refractivity contribution in [3.63, 3.8) is 0 Å². The van der Waals surface area contributed by atoms with Crippen molar-refractivity contribution in [1.29, 1.82) is 0 Å². The van der Waals surface area contributed by atoms with Crippen molar-refractivity contribution in [2.24, 2.45) is 0 Å². The van der Waals surface area contributed by atoms with Gasteiger partial charge in [-0.2, -0.15) is 4.58 Å². The van der Waals surface area contributed by atoms with Crippen LogP contribution in [0.3, 0.4) is 0 Å². The molecule has 258 valence electrons. The van der Waals surface area contributed by atoms with Crippen LogP contribution in [-0.4, -0.2) is 41.0 Å². The molecule has 2 aliphatic rings. The van der Waals surface area contributed by atoms with Gasteiger partial charge in [0.1, 0.15) is 6.54 Å². The minimum absolute atomic E-state index is 0.00724. The fourth-order valence-electron chi connectivity index (χ4n) is 6.20. The Morgan fingerprint density at radius 3 is 2.00 bits per heavy atom. The first-order chi connectivity index (χ1) is 24.0. The molecular formula is C42H46N4O4. The van der Waals surface area contributed by atoms with E-state index in [1.165, 1.54) is 13.8 Å². The molecule has 3 aromatic carbocycles. The number of carbonyl (C=O) groups is 3. The number of unbranched alkanes of at least 4 members (excludes halogenated alkanes) is 2. The van der Waals surface area contributed by atoms with E-state index in [9.17, 15) is 19.5 Å². The van der Waals surface area contributed by atoms with Crippen LogP contribution in [0.25, 0.3) is 5.57 Å². The molecule has 0 unspecified atom stereocenters. The van der Waals surface area contributed by atoms with E-state index in [0.717, 1.165) is 72.7 Å². The second kappa shape index (κ2) is 15.8. The van der Waals surface area contributed by atoms with Crippen LogP contribution >= 0.6 is 0 Å². The summed E-state index contributed by atoms with van der Waals surface area (Å²) < 4.78 is 2.17. The number of benzene rings is 3. The van der Waals surface area contributed by atoms with Crippen molar-refractivity contribution in [1.82, 2.24) is 5.32 Å². The molecule has 0 aliphatic heterocycles. The average molecular weight is 671 g/mol. The van der Waals surface area contributed by atoms with Crippen molar-refractivity contribution in [2.45, 2.75) is 67.2 Å². The molecule has 5 rings (SSSR count). The highest BCUT2D eigenvalue weighted by Gasteiger charge is 2.34. The number of Topliss-reactive ketones (excluding diaryl/α,β-unsaturated/α-hetero) is 1. The van der Waals surface area contributed by atoms with Crippen molar-refractivity contribution in [3.05, 3.63) is 124 Å². The molecule has 0 spiro atoms. The molecular weight excluding hydrogens is 624 g/mol. The van der Waals surface area contributed by atoms with Gasteiger partial charge >= 0.3 is 0 Å². The van der Waals surface area contributed by atoms with Crippen LogP contribution in [0.15, 0.2) is 108 Å². The number of nitrogens with one attached hydrogen (secondary N) is 2. The predicted octanol–water partition coefficient (Wildman–Crippen LogP) is 7.33. The average Bonchev–Trinajstić information content (AvgIpc) is 3.08. The van der Waals surface area contributed by atoms with Crippen LogP contribution in [0.5, 0.6) is 0 Å². The van der Waals surface area contributed by atoms with Crippen LogP contribution in [0, 0.1) is 13.8 Å². The number of amides is 2. The molecule has 2 N–H and O–H groups in total. The molecule has 8 heteroatoms. The van der Waals surface area contributed by atoms with E-state index < -0.39 is 11.5 Å². The summed E-state index contributed by atoms with van der Waals surface area (Å²) in [5, 5.41) is 19.7. The van der Waals surface area contributed by atoms with Crippen molar-refractivity contribution in [3.8, 4) is 0 Å². The van der Waals surface area contributed by atoms with E-state index >= 15 is 0 Å². The highest BCUT2D eigenvalue weighted by atomic mass is 16.3. The van der Waals surface area contributed by atoms with Crippen LogP contribution < -0.4 is 20.6 Å². The monoisotopic (exact) mass is 670 g/mol. The lowest BCUT2D eigenvalue weighted by molar-refractivity contribution is -0.439. The molecule has 0 atom stereocenters. The summed E-state index contributed by atoms with van der Waals surface area (Å²) in [5.41, 5.74) is 7.52. The number of ketones is 1. The molecule has 3 aromatic rings. The zero-order chi connectivity index (χ0) is 35.9. The van der Waals surface area contributed by atoms with Gasteiger partial charge in [0.15, 0.2) is 5.78 Å². The molecule has 0 saturated carbocycles. The first kappa shape index (κ1) is 35.8. The number of aryl methyl sites for hydroxylation is 2. The zero-order valence-electron chi connectivity index (χ0n) is 29.9. The maximum absolute atomic E-state index is 13.9. The molecule has 8 nitrogen and oxygen atoms in total. The molecule has 0 heterocycles. The molecule has 0 saturated heterocycles. The Bertz CT molecular complexity index is 1960. The minimum Gasteiger partial charge on any atom is -0.871 e. The minimum atomic E-state index is -0.434. The molecule has 50 heavy (non-hydrogen) atoms. The van der Waals surface area contributed by atoms with E-state index in [2.05, 4.69) is 82.5 Å². The van der Waals surface area contributed by atoms with Gasteiger partial charge in [0, 0.05) is 84.8 Å². The number of carbonyl (C=O) groups excluding carboxylic acids is 3. The number of hydrogen-bond donors (Lipinski definition) is 2. The second-order valence-corrected chi connectivity index (χ2v) is 12.9. The number of rotatable bonds is 12. The molecule has 0 radical (unpaired) electrons. The van der Waals surface area contributed by atoms with Gasteiger partial charge < -0.3 is 20.6 Å². The largest absolute Gasteiger partial charge is 0.871 e. The third kappa shape index (κ3) is 7.86. The molecule has 0 bridgehead atoms. The third-order valence-electron chi connectivity index (χ3n) is 8.86. The highest BCUT2D eigenvalue weighted by Crippen LogP contribution is 2.43. The Morgan fingerprint density at radius 2 is 1.40 bits per heavy atom. The number of allylic oxidation sites excluding steroid dienone is 5. The smallest absolute Gasteiger partial charge is 0.221 e. The van der Waals surface area contributed by atoms with Gasteiger partial charge in [-0.25, -0.2) is 0 Å². The molecule has 2 aliphatic carbocycles. The fraction of sp³-hybridized carbons (Fsp3) is 0.286. The van der Waals surface area contributed by atoms with Crippen LogP contribution in [0.4, 0.5) is 22.7 Å². The summed E-state index contributed by atoms with van der Waals surface area (Å²) in [7, 11) is 0. The topological polar surface area (TPSA) is 105 Å². The molecule has 2 amide bonds. The second-order valence-electron chi connectivity index (χ2n) is 12.9. The molecule has 0 aromatic heterocycles. The van der Waals surface area contributed by atoms with Gasteiger partial charge in [-0.15, -0.1) is 0 Å². The van der Waals surface area contributed by atoms with Gasteiger partial charge in [-0.3, -0.25) is 14.4 Å². The van der Waals surface area contributed by atoms with Crippen LogP contribution in [0.1, 0.15) is 70.1 Å². The summed E-state index contributed by atoms with van der Waals surface area (Å²) in [4.78, 5) is 40.8. The normalized spacial score (nSPS) is 16.5. The quantitative estimate of drug-likeness (QED) is 0.155. The van der Waals surface area contributed by atoms with Crippen molar-refractivity contribution < 1.29 is 24.1 Å². The summed E-state index contributed by atoms with van der Waals surface area (Å²) >= 11 is 0. The Balaban J connectivity index is 1.59. The first-order valence-corrected chi connectivity index (χ1v) is 17.4. The van der Waals surface area contributed by atoms with Crippen molar-refractivity contribution in [2.75, 3.05) is 23.3 Å². The standard InChI is InChI=1S/C42H46N4O4/c1-7-9-23-45(31-15-11-27(3)12-16-31)33-19-21-35(37(25-33)43-29(5)47)39-41(49)40(42(39)50)36-22-20-34(26-38(36)44-30(6)48)46(24-10-8-2)32-17-13-28(4)14-18-32/h11-22,25-26H,7-10,23-24H2,1-6H3,(H2,43,44,47,48,49,50). The fourth-order valence-corrected chi connectivity index (χ4v) is 6.20. The van der Waals surface area contributed by atoms with Gasteiger partial charge in [-0.05, 0) is 50.6 Å². The Hall–Kier alpha value is -5.50. The SMILES string of the molecule is CCCCN(c1ccc(C)cc1)c1ccc(C2=C([O-])/C(=C3\C=CC(=[N+](CCCC)c4ccc(C)cc4)C=C3NC(C)=O)C2=O)c(NC(C)=O)c1. The van der Waals surface area contributed by atoms with Gasteiger partial charge in [0.25, 0.3) is 0 Å². The van der Waals surface area contributed by atoms with E-state index in [1.54, 1.807) is 12.1 Å². The lowest BCUT2D eigenvalue weighted by Gasteiger charge is -2.34. The lowest BCUT2D eigenvalue weighted by atomic mass is 9.78. The van der Waals surface area contributed by atoms with Gasteiger partial charge in [-0.1, -0.05) is 73.9 Å². The van der Waals surface area contributed by atoms with Crippen LogP contribution in [0.2, 0.25) is 0 Å². The Labute approximate surface area is 295 Å².